The average Bonchev–Trinajstić information content (AvgIpc) is 2.99. The van der Waals surface area contributed by atoms with Crippen molar-refractivity contribution in [3.63, 3.8) is 0 Å². The van der Waals surface area contributed by atoms with Gasteiger partial charge in [-0.3, -0.25) is 0 Å². The van der Waals surface area contributed by atoms with E-state index in [1.807, 2.05) is 20.8 Å². The molecule has 1 atom stereocenters. The molecule has 0 aromatic carbocycles. The second-order valence-corrected chi connectivity index (χ2v) is 9.85. The Balaban J connectivity index is 2.08. The third-order valence-electron chi connectivity index (χ3n) is 3.69. The van der Waals surface area contributed by atoms with Crippen LogP contribution in [0.2, 0.25) is 0 Å². The third-order valence-corrected chi connectivity index (χ3v) is 6.97. The van der Waals surface area contributed by atoms with Gasteiger partial charge < -0.3 is 9.64 Å². The lowest BCUT2D eigenvalue weighted by Crippen LogP contribution is -2.51. The van der Waals surface area contributed by atoms with Crippen LogP contribution in [-0.4, -0.2) is 55.5 Å². The predicted octanol–water partition coefficient (Wildman–Crippen LogP) is 2.77. The zero-order chi connectivity index (χ0) is 17.3. The van der Waals surface area contributed by atoms with E-state index in [2.05, 4.69) is 0 Å². The van der Waals surface area contributed by atoms with E-state index in [0.717, 1.165) is 12.8 Å². The number of thiophene rings is 1. The number of likely N-dealkylation sites (tertiary alicyclic amines) is 1. The third kappa shape index (κ3) is 4.45. The average molecular weight is 361 g/mol. The van der Waals surface area contributed by atoms with Crippen LogP contribution in [-0.2, 0) is 14.8 Å². The highest BCUT2D eigenvalue weighted by Crippen LogP contribution is 2.25. The summed E-state index contributed by atoms with van der Waals surface area (Å²) in [7, 11) is -1.92. The van der Waals surface area contributed by atoms with Gasteiger partial charge in [0.25, 0.3) is 10.0 Å². The van der Waals surface area contributed by atoms with E-state index >= 15 is 0 Å². The second-order valence-electron chi connectivity index (χ2n) is 6.68. The first-order valence-electron chi connectivity index (χ1n) is 7.61. The summed E-state index contributed by atoms with van der Waals surface area (Å²) in [6, 6.07) is 3.09. The van der Waals surface area contributed by atoms with Crippen molar-refractivity contribution in [1.82, 2.24) is 9.21 Å². The SMILES string of the molecule is CN(C1CCCN(C(=O)OC(C)(C)C)C1)S(=O)(=O)c1cccs1. The fourth-order valence-corrected chi connectivity index (χ4v) is 5.05. The number of carbonyl (C=O) groups is 1. The standard InChI is InChI=1S/C15H24N2O4S2/c1-15(2,3)21-14(18)17-9-5-7-12(11-17)16(4)23(19,20)13-8-6-10-22-13/h6,8,10,12H,5,7,9,11H2,1-4H3. The molecule has 130 valence electrons. The number of likely N-dealkylation sites (N-methyl/N-ethyl adjacent to an activating group) is 1. The zero-order valence-electron chi connectivity index (χ0n) is 14.0. The number of nitrogens with zero attached hydrogens (tertiary/aromatic N) is 2. The van der Waals surface area contributed by atoms with Gasteiger partial charge in [0.15, 0.2) is 0 Å². The van der Waals surface area contributed by atoms with Crippen LogP contribution >= 0.6 is 11.3 Å². The highest BCUT2D eigenvalue weighted by molar-refractivity contribution is 7.91. The number of carbonyl (C=O) groups excluding carboxylic acids is 1. The summed E-state index contributed by atoms with van der Waals surface area (Å²) in [5.74, 6) is 0. The zero-order valence-corrected chi connectivity index (χ0v) is 15.6. The van der Waals surface area contributed by atoms with Crippen molar-refractivity contribution in [1.29, 1.82) is 0 Å². The summed E-state index contributed by atoms with van der Waals surface area (Å²) in [5, 5.41) is 1.74. The number of piperidine rings is 1. The summed E-state index contributed by atoms with van der Waals surface area (Å²) in [6.07, 6.45) is 1.11. The fraction of sp³-hybridized carbons (Fsp3) is 0.667. The molecule has 1 aromatic rings. The molecule has 1 amide bonds. The largest absolute Gasteiger partial charge is 0.444 e. The van der Waals surface area contributed by atoms with E-state index in [1.165, 1.54) is 15.6 Å². The number of ether oxygens (including phenoxy) is 1. The Bertz CT molecular complexity index is 635. The number of amides is 1. The van der Waals surface area contributed by atoms with Crippen LogP contribution in [0.15, 0.2) is 21.7 Å². The first-order chi connectivity index (χ1) is 10.6. The van der Waals surface area contributed by atoms with E-state index in [-0.39, 0.29) is 12.1 Å². The van der Waals surface area contributed by atoms with Crippen LogP contribution in [0.25, 0.3) is 0 Å². The first kappa shape index (κ1) is 18.2. The van der Waals surface area contributed by atoms with Gasteiger partial charge in [-0.05, 0) is 45.1 Å². The Kier molecular flexibility index (Phi) is 5.37. The number of rotatable bonds is 3. The van der Waals surface area contributed by atoms with Crippen LogP contribution < -0.4 is 0 Å². The Morgan fingerprint density at radius 3 is 2.70 bits per heavy atom. The Morgan fingerprint density at radius 1 is 1.43 bits per heavy atom. The van der Waals surface area contributed by atoms with Crippen molar-refractivity contribution < 1.29 is 17.9 Å². The minimum Gasteiger partial charge on any atom is -0.444 e. The maximum atomic E-state index is 12.6. The van der Waals surface area contributed by atoms with Crippen molar-refractivity contribution in [2.24, 2.45) is 0 Å². The Labute approximate surface area is 142 Å². The van der Waals surface area contributed by atoms with Gasteiger partial charge >= 0.3 is 6.09 Å². The highest BCUT2D eigenvalue weighted by Gasteiger charge is 2.34. The second kappa shape index (κ2) is 6.78. The smallest absolute Gasteiger partial charge is 0.410 e. The van der Waals surface area contributed by atoms with E-state index in [4.69, 9.17) is 4.74 Å². The van der Waals surface area contributed by atoms with E-state index in [1.54, 1.807) is 29.5 Å². The molecule has 0 radical (unpaired) electrons. The molecule has 0 N–H and O–H groups in total. The molecular formula is C15H24N2O4S2. The Morgan fingerprint density at radius 2 is 2.13 bits per heavy atom. The molecule has 0 saturated carbocycles. The van der Waals surface area contributed by atoms with Gasteiger partial charge in [0, 0.05) is 26.2 Å². The van der Waals surface area contributed by atoms with Crippen molar-refractivity contribution in [2.75, 3.05) is 20.1 Å². The molecule has 0 spiro atoms. The van der Waals surface area contributed by atoms with Crippen molar-refractivity contribution >= 4 is 27.5 Å². The molecule has 1 unspecified atom stereocenters. The van der Waals surface area contributed by atoms with E-state index < -0.39 is 15.6 Å². The monoisotopic (exact) mass is 360 g/mol. The van der Waals surface area contributed by atoms with Crippen molar-refractivity contribution in [2.45, 2.75) is 49.5 Å². The van der Waals surface area contributed by atoms with Gasteiger partial charge in [-0.2, -0.15) is 4.31 Å². The molecule has 6 nitrogen and oxygen atoms in total. The molecule has 1 saturated heterocycles. The van der Waals surface area contributed by atoms with Crippen LogP contribution in [0.4, 0.5) is 4.79 Å². The van der Waals surface area contributed by atoms with Crippen LogP contribution in [0, 0.1) is 0 Å². The van der Waals surface area contributed by atoms with Crippen LogP contribution in [0.5, 0.6) is 0 Å². The molecule has 1 fully saturated rings. The van der Waals surface area contributed by atoms with E-state index in [9.17, 15) is 13.2 Å². The molecule has 23 heavy (non-hydrogen) atoms. The van der Waals surface area contributed by atoms with E-state index in [0.29, 0.717) is 17.3 Å². The lowest BCUT2D eigenvalue weighted by Gasteiger charge is -2.37. The summed E-state index contributed by atoms with van der Waals surface area (Å²) in [5.41, 5.74) is -0.557. The molecule has 8 heteroatoms. The number of hydrogen-bond donors (Lipinski definition) is 0. The van der Waals surface area contributed by atoms with Crippen molar-refractivity contribution in [3.05, 3.63) is 17.5 Å². The summed E-state index contributed by atoms with van der Waals surface area (Å²) < 4.78 is 32.3. The molecule has 1 aliphatic rings. The predicted molar refractivity (Wildman–Crippen MR) is 90.1 cm³/mol. The lowest BCUT2D eigenvalue weighted by atomic mass is 10.1. The van der Waals surface area contributed by atoms with Gasteiger partial charge in [0.05, 0.1) is 0 Å². The van der Waals surface area contributed by atoms with Gasteiger partial charge in [-0.25, -0.2) is 13.2 Å². The van der Waals surface area contributed by atoms with Gasteiger partial charge in [-0.15, -0.1) is 11.3 Å². The number of hydrogen-bond acceptors (Lipinski definition) is 5. The maximum Gasteiger partial charge on any atom is 0.410 e. The molecule has 0 bridgehead atoms. The van der Waals surface area contributed by atoms with Gasteiger partial charge in [-0.1, -0.05) is 6.07 Å². The summed E-state index contributed by atoms with van der Waals surface area (Å²) in [4.78, 5) is 13.8. The lowest BCUT2D eigenvalue weighted by molar-refractivity contribution is 0.0163. The minimum absolute atomic E-state index is 0.233. The van der Waals surface area contributed by atoms with Gasteiger partial charge in [0.2, 0.25) is 0 Å². The molecule has 2 rings (SSSR count). The summed E-state index contributed by atoms with van der Waals surface area (Å²) in [6.45, 7) is 6.41. The molecule has 1 aromatic heterocycles. The van der Waals surface area contributed by atoms with Crippen LogP contribution in [0.1, 0.15) is 33.6 Å². The normalized spacial score (nSPS) is 19.9. The minimum atomic E-state index is -3.51. The van der Waals surface area contributed by atoms with Gasteiger partial charge in [0.1, 0.15) is 9.81 Å². The van der Waals surface area contributed by atoms with Crippen molar-refractivity contribution in [3.8, 4) is 0 Å². The van der Waals surface area contributed by atoms with Crippen LogP contribution in [0.3, 0.4) is 0 Å². The molecule has 1 aliphatic heterocycles. The quantitative estimate of drug-likeness (QED) is 0.831. The topological polar surface area (TPSA) is 66.9 Å². The molecule has 0 aliphatic carbocycles. The number of sulfonamides is 1. The first-order valence-corrected chi connectivity index (χ1v) is 9.93. The fourth-order valence-electron chi connectivity index (χ4n) is 2.49. The molecular weight excluding hydrogens is 336 g/mol. The summed E-state index contributed by atoms with van der Waals surface area (Å²) >= 11 is 1.20. The molecule has 2 heterocycles. The maximum absolute atomic E-state index is 12.6. The highest BCUT2D eigenvalue weighted by atomic mass is 32.2. The Hall–Kier alpha value is -1.12.